The zero-order chi connectivity index (χ0) is 22.2. The van der Waals surface area contributed by atoms with E-state index in [9.17, 15) is 9.59 Å². The summed E-state index contributed by atoms with van der Waals surface area (Å²) in [6.07, 6.45) is 0.540. The van der Waals surface area contributed by atoms with Gasteiger partial charge in [0.15, 0.2) is 0 Å². The second-order valence-corrected chi connectivity index (χ2v) is 8.56. The number of nitrogens with zero attached hydrogens (tertiary/aromatic N) is 1. The van der Waals surface area contributed by atoms with E-state index in [0.29, 0.717) is 18.0 Å². The quantitative estimate of drug-likeness (QED) is 0.472. The average molecular weight is 500 g/mol. The predicted molar refractivity (Wildman–Crippen MR) is 128 cm³/mol. The van der Waals surface area contributed by atoms with Gasteiger partial charge in [-0.05, 0) is 34.9 Å². The van der Waals surface area contributed by atoms with E-state index in [1.54, 1.807) is 18.0 Å². The Kier molecular flexibility index (Phi) is 8.27. The normalized spacial score (nSPS) is 11.6. The first-order valence-electron chi connectivity index (χ1n) is 10.0. The summed E-state index contributed by atoms with van der Waals surface area (Å²) in [6, 6.07) is 24.1. The highest BCUT2D eigenvalue weighted by molar-refractivity contribution is 9.10. The third-order valence-corrected chi connectivity index (χ3v) is 5.92. The van der Waals surface area contributed by atoms with Crippen LogP contribution in [0.4, 0.5) is 0 Å². The lowest BCUT2D eigenvalue weighted by atomic mass is 10.0. The molecule has 0 fully saturated rings. The van der Waals surface area contributed by atoms with Crippen molar-refractivity contribution in [3.63, 3.8) is 0 Å². The molecular formula is C25H24BrClN2O2. The molecule has 1 atom stereocenters. The molecule has 0 aliphatic carbocycles. The van der Waals surface area contributed by atoms with Crippen molar-refractivity contribution in [3.8, 4) is 0 Å². The molecule has 0 bridgehead atoms. The maximum absolute atomic E-state index is 13.5. The van der Waals surface area contributed by atoms with Crippen molar-refractivity contribution < 1.29 is 9.59 Å². The van der Waals surface area contributed by atoms with Crippen LogP contribution < -0.4 is 5.32 Å². The molecule has 0 saturated heterocycles. The Bertz CT molecular complexity index is 1040. The summed E-state index contributed by atoms with van der Waals surface area (Å²) in [4.78, 5) is 28.0. The van der Waals surface area contributed by atoms with Crippen LogP contribution in [0, 0.1) is 0 Å². The van der Waals surface area contributed by atoms with Gasteiger partial charge in [-0.1, -0.05) is 88.2 Å². The van der Waals surface area contributed by atoms with Crippen molar-refractivity contribution in [1.29, 1.82) is 0 Å². The summed E-state index contributed by atoms with van der Waals surface area (Å²) >= 11 is 9.78. The summed E-state index contributed by atoms with van der Waals surface area (Å²) in [6.45, 7) is 0.313. The summed E-state index contributed by atoms with van der Waals surface area (Å²) in [5.74, 6) is -0.357. The molecule has 31 heavy (non-hydrogen) atoms. The fourth-order valence-corrected chi connectivity index (χ4v) is 4.11. The molecule has 0 heterocycles. The van der Waals surface area contributed by atoms with Crippen molar-refractivity contribution in [2.45, 2.75) is 25.4 Å². The minimum atomic E-state index is -0.652. The molecule has 0 aromatic heterocycles. The van der Waals surface area contributed by atoms with Crippen LogP contribution in [0.1, 0.15) is 16.7 Å². The molecule has 0 saturated carbocycles. The molecule has 3 rings (SSSR count). The first-order chi connectivity index (χ1) is 15.0. The average Bonchev–Trinajstić information content (AvgIpc) is 2.78. The number of carbonyl (C=O) groups excluding carboxylic acids is 2. The van der Waals surface area contributed by atoms with Crippen LogP contribution in [-0.2, 0) is 29.0 Å². The van der Waals surface area contributed by atoms with Gasteiger partial charge in [0.05, 0.1) is 6.42 Å². The van der Waals surface area contributed by atoms with E-state index >= 15 is 0 Å². The van der Waals surface area contributed by atoms with Crippen molar-refractivity contribution in [2.24, 2.45) is 0 Å². The molecule has 4 nitrogen and oxygen atoms in total. The van der Waals surface area contributed by atoms with Gasteiger partial charge in [-0.15, -0.1) is 0 Å². The third kappa shape index (κ3) is 6.42. The first kappa shape index (κ1) is 23.0. The van der Waals surface area contributed by atoms with Crippen LogP contribution in [0.2, 0.25) is 5.02 Å². The number of nitrogens with one attached hydrogen (secondary N) is 1. The molecule has 3 aromatic carbocycles. The number of carbonyl (C=O) groups is 2. The van der Waals surface area contributed by atoms with E-state index in [0.717, 1.165) is 21.2 Å². The molecule has 6 heteroatoms. The smallest absolute Gasteiger partial charge is 0.242 e. The number of halogens is 2. The SMILES string of the molecule is CNC(=O)[C@@H](Cc1ccccc1)N(Cc1cccc(Br)c1)C(=O)Cc1ccccc1Cl. The first-order valence-corrected chi connectivity index (χ1v) is 11.2. The molecule has 0 spiro atoms. The molecule has 1 N–H and O–H groups in total. The Balaban J connectivity index is 1.95. The lowest BCUT2D eigenvalue weighted by molar-refractivity contribution is -0.140. The van der Waals surface area contributed by atoms with Crippen LogP contribution in [-0.4, -0.2) is 29.8 Å². The predicted octanol–water partition coefficient (Wildman–Crippen LogP) is 5.03. The zero-order valence-electron chi connectivity index (χ0n) is 17.2. The maximum atomic E-state index is 13.5. The molecule has 0 radical (unpaired) electrons. The van der Waals surface area contributed by atoms with Crippen LogP contribution in [0.5, 0.6) is 0 Å². The Hall–Kier alpha value is -2.63. The van der Waals surface area contributed by atoms with E-state index in [4.69, 9.17) is 11.6 Å². The molecule has 0 aliphatic heterocycles. The van der Waals surface area contributed by atoms with Crippen LogP contribution in [0.25, 0.3) is 0 Å². The minimum absolute atomic E-state index is 0.121. The fraction of sp³-hybridized carbons (Fsp3) is 0.200. The second-order valence-electron chi connectivity index (χ2n) is 7.24. The Labute approximate surface area is 196 Å². The van der Waals surface area contributed by atoms with Gasteiger partial charge in [0, 0.05) is 29.5 Å². The molecule has 3 aromatic rings. The Morgan fingerprint density at radius 3 is 2.32 bits per heavy atom. The van der Waals surface area contributed by atoms with Gasteiger partial charge in [0.2, 0.25) is 11.8 Å². The monoisotopic (exact) mass is 498 g/mol. The maximum Gasteiger partial charge on any atom is 0.242 e. The molecular weight excluding hydrogens is 476 g/mol. The van der Waals surface area contributed by atoms with E-state index in [2.05, 4.69) is 21.2 Å². The minimum Gasteiger partial charge on any atom is -0.357 e. The molecule has 160 valence electrons. The van der Waals surface area contributed by atoms with Crippen molar-refractivity contribution in [3.05, 3.63) is 105 Å². The number of rotatable bonds is 8. The lowest BCUT2D eigenvalue weighted by Crippen LogP contribution is -2.50. The molecule has 2 amide bonds. The van der Waals surface area contributed by atoms with E-state index < -0.39 is 6.04 Å². The standard InChI is InChI=1S/C25H24BrClN2O2/c1-28-25(31)23(15-18-8-3-2-4-9-18)29(17-19-10-7-12-21(26)14-19)24(30)16-20-11-5-6-13-22(20)27/h2-14,23H,15-17H2,1H3,(H,28,31)/t23-/m1/s1. The van der Waals surface area contributed by atoms with Gasteiger partial charge < -0.3 is 10.2 Å². The number of amides is 2. The van der Waals surface area contributed by atoms with Gasteiger partial charge in [0.1, 0.15) is 6.04 Å². The lowest BCUT2D eigenvalue weighted by Gasteiger charge is -2.31. The third-order valence-electron chi connectivity index (χ3n) is 5.06. The van der Waals surface area contributed by atoms with Crippen LogP contribution >= 0.6 is 27.5 Å². The number of hydrogen-bond donors (Lipinski definition) is 1. The second kappa shape index (κ2) is 11.1. The highest BCUT2D eigenvalue weighted by Crippen LogP contribution is 2.21. The fourth-order valence-electron chi connectivity index (χ4n) is 3.46. The summed E-state index contributed by atoms with van der Waals surface area (Å²) in [5.41, 5.74) is 2.66. The van der Waals surface area contributed by atoms with Gasteiger partial charge >= 0.3 is 0 Å². The Morgan fingerprint density at radius 1 is 0.968 bits per heavy atom. The zero-order valence-corrected chi connectivity index (χ0v) is 19.6. The van der Waals surface area contributed by atoms with E-state index in [-0.39, 0.29) is 18.2 Å². The largest absolute Gasteiger partial charge is 0.357 e. The Morgan fingerprint density at radius 2 is 1.65 bits per heavy atom. The highest BCUT2D eigenvalue weighted by Gasteiger charge is 2.30. The van der Waals surface area contributed by atoms with Crippen molar-refractivity contribution >= 4 is 39.3 Å². The molecule has 0 unspecified atom stereocenters. The van der Waals surface area contributed by atoms with Gasteiger partial charge in [-0.3, -0.25) is 9.59 Å². The van der Waals surface area contributed by atoms with Crippen molar-refractivity contribution in [1.82, 2.24) is 10.2 Å². The van der Waals surface area contributed by atoms with Crippen molar-refractivity contribution in [2.75, 3.05) is 7.05 Å². The number of likely N-dealkylation sites (N-methyl/N-ethyl adjacent to an activating group) is 1. The number of benzene rings is 3. The summed E-state index contributed by atoms with van der Waals surface area (Å²) in [7, 11) is 1.59. The number of hydrogen-bond acceptors (Lipinski definition) is 2. The van der Waals surface area contributed by atoms with Gasteiger partial charge in [-0.25, -0.2) is 0 Å². The van der Waals surface area contributed by atoms with Crippen LogP contribution in [0.15, 0.2) is 83.3 Å². The van der Waals surface area contributed by atoms with Gasteiger partial charge in [-0.2, -0.15) is 0 Å². The topological polar surface area (TPSA) is 49.4 Å². The summed E-state index contributed by atoms with van der Waals surface area (Å²) in [5, 5.41) is 3.26. The summed E-state index contributed by atoms with van der Waals surface area (Å²) < 4.78 is 0.919. The van der Waals surface area contributed by atoms with E-state index in [1.807, 2.05) is 72.8 Å². The van der Waals surface area contributed by atoms with Crippen LogP contribution in [0.3, 0.4) is 0 Å². The van der Waals surface area contributed by atoms with E-state index in [1.165, 1.54) is 0 Å². The highest BCUT2D eigenvalue weighted by atomic mass is 79.9. The molecule has 0 aliphatic rings. The van der Waals surface area contributed by atoms with Gasteiger partial charge in [0.25, 0.3) is 0 Å².